The maximum atomic E-state index is 12.7. The van der Waals surface area contributed by atoms with Crippen LogP contribution in [0.4, 0.5) is 5.69 Å². The summed E-state index contributed by atoms with van der Waals surface area (Å²) >= 11 is 0. The first-order chi connectivity index (χ1) is 15.2. The number of ether oxygens (including phenoxy) is 2. The standard InChI is InChI=1S/C24H28N4O3/c1-3-30-21-13-7-6-12-20(21)25-24(29)17(2)31-19-11-9-10-18(16-19)23-27-26-22-14-5-4-8-15-28(22)23/h6-7,9-13,16-17H,3-5,8,14-15H2,1-2H3,(H,25,29)/t17-/m0/s1. The molecule has 1 atom stereocenters. The maximum Gasteiger partial charge on any atom is 0.265 e. The lowest BCUT2D eigenvalue weighted by Gasteiger charge is -2.17. The molecule has 0 unspecified atom stereocenters. The van der Waals surface area contributed by atoms with Crippen molar-refractivity contribution in [1.29, 1.82) is 0 Å². The van der Waals surface area contributed by atoms with Crippen molar-refractivity contribution >= 4 is 11.6 Å². The van der Waals surface area contributed by atoms with Crippen molar-refractivity contribution in [1.82, 2.24) is 14.8 Å². The first-order valence-electron chi connectivity index (χ1n) is 10.9. The number of fused-ring (bicyclic) bond motifs is 1. The third kappa shape index (κ3) is 4.87. The molecule has 2 aromatic carbocycles. The molecule has 1 aliphatic rings. The lowest BCUT2D eigenvalue weighted by molar-refractivity contribution is -0.122. The van der Waals surface area contributed by atoms with Gasteiger partial charge < -0.3 is 19.4 Å². The van der Waals surface area contributed by atoms with Gasteiger partial charge >= 0.3 is 0 Å². The predicted molar refractivity (Wildman–Crippen MR) is 119 cm³/mol. The summed E-state index contributed by atoms with van der Waals surface area (Å²) in [4.78, 5) is 12.7. The van der Waals surface area contributed by atoms with Crippen LogP contribution in [0.2, 0.25) is 0 Å². The molecule has 2 heterocycles. The number of carbonyl (C=O) groups excluding carboxylic acids is 1. The van der Waals surface area contributed by atoms with Gasteiger partial charge in [-0.15, -0.1) is 10.2 Å². The number of nitrogens with one attached hydrogen (secondary N) is 1. The van der Waals surface area contributed by atoms with Crippen LogP contribution in [-0.2, 0) is 17.8 Å². The highest BCUT2D eigenvalue weighted by atomic mass is 16.5. The lowest BCUT2D eigenvalue weighted by Crippen LogP contribution is -2.30. The summed E-state index contributed by atoms with van der Waals surface area (Å²) in [7, 11) is 0. The van der Waals surface area contributed by atoms with E-state index in [1.165, 1.54) is 6.42 Å². The highest BCUT2D eigenvalue weighted by molar-refractivity contribution is 5.95. The molecule has 3 aromatic rings. The van der Waals surface area contributed by atoms with Crippen LogP contribution < -0.4 is 14.8 Å². The monoisotopic (exact) mass is 420 g/mol. The summed E-state index contributed by atoms with van der Waals surface area (Å²) < 4.78 is 13.7. The molecule has 1 amide bonds. The summed E-state index contributed by atoms with van der Waals surface area (Å²) in [5, 5.41) is 11.7. The number of aryl methyl sites for hydroxylation is 1. The Kier molecular flexibility index (Phi) is 6.50. The Morgan fingerprint density at radius 1 is 1.13 bits per heavy atom. The van der Waals surface area contributed by atoms with Crippen LogP contribution in [0.15, 0.2) is 48.5 Å². The maximum absolute atomic E-state index is 12.7. The Labute approximate surface area is 182 Å². The Morgan fingerprint density at radius 2 is 2.00 bits per heavy atom. The highest BCUT2D eigenvalue weighted by Crippen LogP contribution is 2.27. The van der Waals surface area contributed by atoms with Crippen molar-refractivity contribution < 1.29 is 14.3 Å². The van der Waals surface area contributed by atoms with Crippen LogP contribution in [0.25, 0.3) is 11.4 Å². The zero-order valence-corrected chi connectivity index (χ0v) is 18.0. The van der Waals surface area contributed by atoms with E-state index in [0.717, 1.165) is 43.0 Å². The fraction of sp³-hybridized carbons (Fsp3) is 0.375. The van der Waals surface area contributed by atoms with Gasteiger partial charge in [0.1, 0.15) is 17.3 Å². The molecule has 0 saturated heterocycles. The van der Waals surface area contributed by atoms with Gasteiger partial charge in [0.05, 0.1) is 12.3 Å². The van der Waals surface area contributed by atoms with E-state index in [0.29, 0.717) is 23.8 Å². The van der Waals surface area contributed by atoms with E-state index in [4.69, 9.17) is 9.47 Å². The number of rotatable bonds is 7. The number of amides is 1. The van der Waals surface area contributed by atoms with Gasteiger partial charge in [0.2, 0.25) is 0 Å². The zero-order valence-electron chi connectivity index (χ0n) is 18.0. The molecule has 0 fully saturated rings. The fourth-order valence-electron chi connectivity index (χ4n) is 3.75. The molecular weight excluding hydrogens is 392 g/mol. The Balaban J connectivity index is 1.47. The van der Waals surface area contributed by atoms with Gasteiger partial charge in [-0.2, -0.15) is 0 Å². The predicted octanol–water partition coefficient (Wildman–Crippen LogP) is 4.48. The van der Waals surface area contributed by atoms with E-state index in [9.17, 15) is 4.79 Å². The number of anilines is 1. The molecule has 0 spiro atoms. The van der Waals surface area contributed by atoms with Gasteiger partial charge in [-0.05, 0) is 51.0 Å². The second kappa shape index (κ2) is 9.64. The summed E-state index contributed by atoms with van der Waals surface area (Å²) in [5.41, 5.74) is 1.57. The van der Waals surface area contributed by atoms with Crippen molar-refractivity contribution in [2.75, 3.05) is 11.9 Å². The third-order valence-electron chi connectivity index (χ3n) is 5.33. The van der Waals surface area contributed by atoms with Gasteiger partial charge in [-0.1, -0.05) is 30.7 Å². The van der Waals surface area contributed by atoms with Gasteiger partial charge in [-0.25, -0.2) is 0 Å². The number of hydrogen-bond acceptors (Lipinski definition) is 5. The zero-order chi connectivity index (χ0) is 21.6. The Morgan fingerprint density at radius 3 is 2.87 bits per heavy atom. The number of nitrogens with zero attached hydrogens (tertiary/aromatic N) is 3. The molecule has 7 nitrogen and oxygen atoms in total. The van der Waals surface area contributed by atoms with Crippen molar-refractivity contribution in [2.24, 2.45) is 0 Å². The summed E-state index contributed by atoms with van der Waals surface area (Å²) in [6, 6.07) is 15.0. The number of benzene rings is 2. The first kappa shape index (κ1) is 20.9. The Bertz CT molecular complexity index is 1050. The van der Waals surface area contributed by atoms with Gasteiger partial charge in [0, 0.05) is 18.5 Å². The van der Waals surface area contributed by atoms with E-state index in [-0.39, 0.29) is 5.91 Å². The quantitative estimate of drug-likeness (QED) is 0.610. The summed E-state index contributed by atoms with van der Waals surface area (Å²) in [5.74, 6) is 2.91. The largest absolute Gasteiger partial charge is 0.492 e. The van der Waals surface area contributed by atoms with E-state index >= 15 is 0 Å². The smallest absolute Gasteiger partial charge is 0.265 e. The van der Waals surface area contributed by atoms with Crippen molar-refractivity contribution in [3.05, 3.63) is 54.4 Å². The number of aromatic nitrogens is 3. The van der Waals surface area contributed by atoms with Gasteiger partial charge in [0.25, 0.3) is 5.91 Å². The molecule has 0 bridgehead atoms. The average Bonchev–Trinajstić information content (AvgIpc) is 3.03. The van der Waals surface area contributed by atoms with Gasteiger partial charge in [-0.3, -0.25) is 4.79 Å². The third-order valence-corrected chi connectivity index (χ3v) is 5.33. The minimum atomic E-state index is -0.680. The van der Waals surface area contributed by atoms with Crippen LogP contribution in [-0.4, -0.2) is 33.4 Å². The SMILES string of the molecule is CCOc1ccccc1NC(=O)[C@H](C)Oc1cccc(-c2nnc3n2CCCCC3)c1. The van der Waals surface area contributed by atoms with E-state index in [1.807, 2.05) is 55.5 Å². The molecular formula is C24H28N4O3. The second-order valence-corrected chi connectivity index (χ2v) is 7.61. The topological polar surface area (TPSA) is 78.3 Å². The molecule has 0 aliphatic carbocycles. The van der Waals surface area contributed by atoms with Crippen molar-refractivity contribution in [2.45, 2.75) is 52.2 Å². The normalized spacial score (nSPS) is 14.3. The van der Waals surface area contributed by atoms with Crippen molar-refractivity contribution in [3.8, 4) is 22.9 Å². The molecule has 1 N–H and O–H groups in total. The molecule has 0 radical (unpaired) electrons. The average molecular weight is 421 g/mol. The summed E-state index contributed by atoms with van der Waals surface area (Å²) in [6.07, 6.45) is 3.78. The van der Waals surface area contributed by atoms with Crippen LogP contribution in [0.5, 0.6) is 11.5 Å². The molecule has 31 heavy (non-hydrogen) atoms. The lowest BCUT2D eigenvalue weighted by atomic mass is 10.2. The van der Waals surface area contributed by atoms with E-state index in [2.05, 4.69) is 20.1 Å². The highest BCUT2D eigenvalue weighted by Gasteiger charge is 2.19. The molecule has 162 valence electrons. The molecule has 0 saturated carbocycles. The van der Waals surface area contributed by atoms with Gasteiger partial charge in [0.15, 0.2) is 11.9 Å². The number of para-hydroxylation sites is 2. The number of hydrogen-bond donors (Lipinski definition) is 1. The van der Waals surface area contributed by atoms with E-state index in [1.54, 1.807) is 6.92 Å². The van der Waals surface area contributed by atoms with Crippen LogP contribution in [0.3, 0.4) is 0 Å². The second-order valence-electron chi connectivity index (χ2n) is 7.61. The Hall–Kier alpha value is -3.35. The first-order valence-corrected chi connectivity index (χ1v) is 10.9. The molecule has 4 rings (SSSR count). The van der Waals surface area contributed by atoms with Crippen molar-refractivity contribution in [3.63, 3.8) is 0 Å². The van der Waals surface area contributed by atoms with Crippen LogP contribution in [0, 0.1) is 0 Å². The number of carbonyl (C=O) groups is 1. The molecule has 1 aromatic heterocycles. The summed E-state index contributed by atoms with van der Waals surface area (Å²) in [6.45, 7) is 5.10. The fourth-order valence-corrected chi connectivity index (χ4v) is 3.75. The van der Waals surface area contributed by atoms with Crippen LogP contribution in [0.1, 0.15) is 38.9 Å². The van der Waals surface area contributed by atoms with E-state index < -0.39 is 6.10 Å². The minimum Gasteiger partial charge on any atom is -0.492 e. The van der Waals surface area contributed by atoms with Crippen LogP contribution >= 0.6 is 0 Å². The minimum absolute atomic E-state index is 0.242. The molecule has 7 heteroatoms. The molecule has 1 aliphatic heterocycles.